The molecule has 0 unspecified atom stereocenters. The van der Waals surface area contributed by atoms with Gasteiger partial charge >= 0.3 is 0 Å². The number of thioether (sulfide) groups is 1. The second-order valence-electron chi connectivity index (χ2n) is 5.91. The molecular formula is C20H20N4O3S. The maximum absolute atomic E-state index is 12.1. The summed E-state index contributed by atoms with van der Waals surface area (Å²) in [6.07, 6.45) is 0.974. The molecule has 2 amide bonds. The lowest BCUT2D eigenvalue weighted by Crippen LogP contribution is -2.31. The summed E-state index contributed by atoms with van der Waals surface area (Å²) in [5, 5.41) is 9.78. The average molecular weight is 396 g/mol. The van der Waals surface area contributed by atoms with E-state index in [1.165, 1.54) is 5.56 Å². The highest BCUT2D eigenvalue weighted by Gasteiger charge is 2.13. The topological polar surface area (TPSA) is 97.0 Å². The van der Waals surface area contributed by atoms with Gasteiger partial charge in [-0.1, -0.05) is 43.0 Å². The van der Waals surface area contributed by atoms with Crippen molar-refractivity contribution in [2.75, 3.05) is 12.9 Å². The molecular weight excluding hydrogens is 376 g/mol. The van der Waals surface area contributed by atoms with Crippen molar-refractivity contribution in [1.82, 2.24) is 20.5 Å². The fourth-order valence-electron chi connectivity index (χ4n) is 2.45. The number of aryl methyl sites for hydroxylation is 1. The molecule has 1 heterocycles. The van der Waals surface area contributed by atoms with Gasteiger partial charge in [-0.25, -0.2) is 4.98 Å². The minimum absolute atomic E-state index is 0.0357. The molecule has 0 aliphatic heterocycles. The Hall–Kier alpha value is -3.13. The molecule has 3 rings (SSSR count). The van der Waals surface area contributed by atoms with E-state index in [1.807, 2.05) is 24.3 Å². The lowest BCUT2D eigenvalue weighted by Gasteiger charge is -2.04. The summed E-state index contributed by atoms with van der Waals surface area (Å²) >= 11 is 1.16. The van der Waals surface area contributed by atoms with Gasteiger partial charge in [-0.15, -0.1) is 5.10 Å². The number of hydrogen-bond donors (Lipinski definition) is 2. The number of aromatic nitrogens is 3. The van der Waals surface area contributed by atoms with E-state index in [0.717, 1.165) is 23.7 Å². The minimum atomic E-state index is -0.458. The third kappa shape index (κ3) is 4.98. The van der Waals surface area contributed by atoms with Gasteiger partial charge in [0.25, 0.3) is 5.91 Å². The van der Waals surface area contributed by atoms with Crippen LogP contribution >= 0.6 is 11.8 Å². The summed E-state index contributed by atoms with van der Waals surface area (Å²) in [7, 11) is 1.55. The van der Waals surface area contributed by atoms with Gasteiger partial charge in [-0.2, -0.15) is 0 Å². The number of ether oxygens (including phenoxy) is 1. The van der Waals surface area contributed by atoms with Crippen molar-refractivity contribution in [1.29, 1.82) is 0 Å². The molecule has 0 radical (unpaired) electrons. The van der Waals surface area contributed by atoms with Gasteiger partial charge in [0, 0.05) is 11.1 Å². The van der Waals surface area contributed by atoms with Gasteiger partial charge in [0.1, 0.15) is 5.75 Å². The Balaban J connectivity index is 1.52. The van der Waals surface area contributed by atoms with E-state index in [-0.39, 0.29) is 5.75 Å². The van der Waals surface area contributed by atoms with Crippen LogP contribution in [0.3, 0.4) is 0 Å². The van der Waals surface area contributed by atoms with Crippen LogP contribution in [0, 0.1) is 0 Å². The second-order valence-corrected chi connectivity index (χ2v) is 6.85. The van der Waals surface area contributed by atoms with Crippen LogP contribution in [0.25, 0.3) is 11.4 Å². The molecule has 0 aliphatic carbocycles. The number of rotatable bonds is 7. The molecule has 0 aliphatic rings. The predicted molar refractivity (Wildman–Crippen MR) is 107 cm³/mol. The molecule has 3 aromatic rings. The number of imide groups is 1. The molecule has 28 heavy (non-hydrogen) atoms. The molecule has 1 aromatic heterocycles. The predicted octanol–water partition coefficient (Wildman–Crippen LogP) is 3.09. The molecule has 2 aromatic carbocycles. The van der Waals surface area contributed by atoms with E-state index >= 15 is 0 Å². The fourth-order valence-corrected chi connectivity index (χ4v) is 3.04. The quantitative estimate of drug-likeness (QED) is 0.596. The zero-order valence-corrected chi connectivity index (χ0v) is 16.4. The number of H-pyrrole nitrogens is 1. The second kappa shape index (κ2) is 9.18. The standard InChI is InChI=1S/C20H20N4O3S/c1-3-13-4-6-14(7-5-13)18-22-20(24-23-18)28-12-17(25)21-19(26)15-8-10-16(27-2)11-9-15/h4-11H,3,12H2,1-2H3,(H,21,25,26)(H,22,23,24). The monoisotopic (exact) mass is 396 g/mol. The zero-order chi connectivity index (χ0) is 19.9. The first-order chi connectivity index (χ1) is 13.6. The maximum Gasteiger partial charge on any atom is 0.257 e. The van der Waals surface area contributed by atoms with Crippen molar-refractivity contribution in [3.8, 4) is 17.1 Å². The number of benzene rings is 2. The minimum Gasteiger partial charge on any atom is -0.497 e. The van der Waals surface area contributed by atoms with Crippen molar-refractivity contribution in [3.05, 3.63) is 59.7 Å². The largest absolute Gasteiger partial charge is 0.497 e. The number of carbonyl (C=O) groups is 2. The molecule has 7 nitrogen and oxygen atoms in total. The van der Waals surface area contributed by atoms with Crippen LogP contribution in [-0.4, -0.2) is 39.9 Å². The Kier molecular flexibility index (Phi) is 6.44. The maximum atomic E-state index is 12.1. The van der Waals surface area contributed by atoms with E-state index in [2.05, 4.69) is 27.4 Å². The Morgan fingerprint density at radius 3 is 2.46 bits per heavy atom. The SMILES string of the molecule is CCc1ccc(-c2nc(SCC(=O)NC(=O)c3ccc(OC)cc3)n[nH]2)cc1. The molecule has 0 atom stereocenters. The van der Waals surface area contributed by atoms with Crippen LogP contribution in [-0.2, 0) is 11.2 Å². The molecule has 0 saturated heterocycles. The lowest BCUT2D eigenvalue weighted by atomic mass is 10.1. The Morgan fingerprint density at radius 2 is 1.82 bits per heavy atom. The number of methoxy groups -OCH3 is 1. The molecule has 144 valence electrons. The summed E-state index contributed by atoms with van der Waals surface area (Å²) in [4.78, 5) is 28.5. The van der Waals surface area contributed by atoms with E-state index in [4.69, 9.17) is 4.74 Å². The highest BCUT2D eigenvalue weighted by molar-refractivity contribution is 7.99. The van der Waals surface area contributed by atoms with Crippen LogP contribution in [0.4, 0.5) is 0 Å². The van der Waals surface area contributed by atoms with Crippen LogP contribution in [0.5, 0.6) is 5.75 Å². The third-order valence-corrected chi connectivity index (χ3v) is 4.89. The number of nitrogens with zero attached hydrogens (tertiary/aromatic N) is 2. The summed E-state index contributed by atoms with van der Waals surface area (Å²) in [6.45, 7) is 2.10. The van der Waals surface area contributed by atoms with Gasteiger partial charge in [0.05, 0.1) is 12.9 Å². The number of carbonyl (C=O) groups excluding carboxylic acids is 2. The van der Waals surface area contributed by atoms with Gasteiger partial charge in [-0.3, -0.25) is 20.0 Å². The molecule has 0 saturated carbocycles. The van der Waals surface area contributed by atoms with Crippen LogP contribution in [0.2, 0.25) is 0 Å². The first kappa shape index (κ1) is 19.6. The van der Waals surface area contributed by atoms with Gasteiger partial charge in [-0.05, 0) is 36.2 Å². The average Bonchev–Trinajstić information content (AvgIpc) is 3.21. The van der Waals surface area contributed by atoms with Gasteiger partial charge < -0.3 is 4.74 Å². The third-order valence-electron chi connectivity index (χ3n) is 4.04. The Bertz CT molecular complexity index is 952. The highest BCUT2D eigenvalue weighted by atomic mass is 32.2. The Labute approximate surface area is 166 Å². The summed E-state index contributed by atoms with van der Waals surface area (Å²) in [6, 6.07) is 14.6. The van der Waals surface area contributed by atoms with Gasteiger partial charge in [0.2, 0.25) is 11.1 Å². The fraction of sp³-hybridized carbons (Fsp3) is 0.200. The summed E-state index contributed by atoms with van der Waals surface area (Å²) in [5.74, 6) is 0.445. The first-order valence-electron chi connectivity index (χ1n) is 8.71. The van der Waals surface area contributed by atoms with Crippen molar-refractivity contribution in [2.24, 2.45) is 0 Å². The zero-order valence-electron chi connectivity index (χ0n) is 15.6. The molecule has 0 bridgehead atoms. The first-order valence-corrected chi connectivity index (χ1v) is 9.70. The smallest absolute Gasteiger partial charge is 0.257 e. The number of nitrogens with one attached hydrogen (secondary N) is 2. The number of aromatic amines is 1. The van der Waals surface area contributed by atoms with Crippen LogP contribution < -0.4 is 10.1 Å². The Morgan fingerprint density at radius 1 is 1.11 bits per heavy atom. The summed E-state index contributed by atoms with van der Waals surface area (Å²) in [5.41, 5.74) is 2.56. The normalized spacial score (nSPS) is 10.5. The number of hydrogen-bond acceptors (Lipinski definition) is 6. The van der Waals surface area contributed by atoms with Crippen molar-refractivity contribution in [3.63, 3.8) is 0 Å². The van der Waals surface area contributed by atoms with E-state index < -0.39 is 11.8 Å². The van der Waals surface area contributed by atoms with E-state index in [1.54, 1.807) is 31.4 Å². The molecule has 0 spiro atoms. The van der Waals surface area contributed by atoms with Crippen molar-refractivity contribution in [2.45, 2.75) is 18.5 Å². The van der Waals surface area contributed by atoms with Crippen molar-refractivity contribution >= 4 is 23.6 Å². The molecule has 8 heteroatoms. The highest BCUT2D eigenvalue weighted by Crippen LogP contribution is 2.20. The lowest BCUT2D eigenvalue weighted by molar-refractivity contribution is -0.117. The van der Waals surface area contributed by atoms with E-state index in [0.29, 0.717) is 22.3 Å². The molecule has 2 N–H and O–H groups in total. The van der Waals surface area contributed by atoms with Gasteiger partial charge in [0.15, 0.2) is 5.82 Å². The van der Waals surface area contributed by atoms with Crippen LogP contribution in [0.15, 0.2) is 53.7 Å². The van der Waals surface area contributed by atoms with E-state index in [9.17, 15) is 9.59 Å². The number of amides is 2. The van der Waals surface area contributed by atoms with Crippen LogP contribution in [0.1, 0.15) is 22.8 Å². The molecule has 0 fully saturated rings. The summed E-state index contributed by atoms with van der Waals surface area (Å²) < 4.78 is 5.04. The van der Waals surface area contributed by atoms with Crippen molar-refractivity contribution < 1.29 is 14.3 Å².